The van der Waals surface area contributed by atoms with Crippen LogP contribution in [0.3, 0.4) is 0 Å². The molecular formula is C19H16F2N2O2S. The normalized spacial score (nSPS) is 10.6. The molecule has 0 aliphatic heterocycles. The largest absolute Gasteiger partial charge is 0.488 e. The van der Waals surface area contributed by atoms with Gasteiger partial charge in [-0.2, -0.15) is 0 Å². The van der Waals surface area contributed by atoms with Crippen LogP contribution in [0.5, 0.6) is 5.75 Å². The van der Waals surface area contributed by atoms with Gasteiger partial charge in [-0.15, -0.1) is 11.3 Å². The van der Waals surface area contributed by atoms with Crippen molar-refractivity contribution in [2.45, 2.75) is 13.5 Å². The molecule has 0 fully saturated rings. The lowest BCUT2D eigenvalue weighted by atomic mass is 10.2. The molecule has 1 N–H and O–H groups in total. The molecule has 0 saturated carbocycles. The molecule has 134 valence electrons. The van der Waals surface area contributed by atoms with E-state index >= 15 is 0 Å². The quantitative estimate of drug-likeness (QED) is 0.695. The van der Waals surface area contributed by atoms with Gasteiger partial charge < -0.3 is 10.1 Å². The molecule has 0 bridgehead atoms. The van der Waals surface area contributed by atoms with E-state index in [4.69, 9.17) is 4.74 Å². The maximum absolute atomic E-state index is 13.8. The maximum atomic E-state index is 13.8. The number of carbonyl (C=O) groups excluding carboxylic acids is 1. The second-order valence-electron chi connectivity index (χ2n) is 5.42. The third-order valence-electron chi connectivity index (χ3n) is 3.58. The smallest absolute Gasteiger partial charge is 0.270 e. The Kier molecular flexibility index (Phi) is 5.58. The molecule has 0 atom stereocenters. The number of ether oxygens (including phenoxy) is 1. The van der Waals surface area contributed by atoms with Gasteiger partial charge in [0, 0.05) is 17.5 Å². The molecule has 0 radical (unpaired) electrons. The van der Waals surface area contributed by atoms with Gasteiger partial charge in [0.05, 0.1) is 5.56 Å². The van der Waals surface area contributed by atoms with Crippen LogP contribution >= 0.6 is 11.3 Å². The first-order chi connectivity index (χ1) is 12.6. The number of hydrogen-bond donors (Lipinski definition) is 1. The van der Waals surface area contributed by atoms with E-state index in [9.17, 15) is 13.6 Å². The molecule has 7 heteroatoms. The summed E-state index contributed by atoms with van der Waals surface area (Å²) in [6.07, 6.45) is 0. The van der Waals surface area contributed by atoms with E-state index in [0.29, 0.717) is 28.6 Å². The summed E-state index contributed by atoms with van der Waals surface area (Å²) in [5.74, 6) is -0.815. The summed E-state index contributed by atoms with van der Waals surface area (Å²) >= 11 is 1.31. The number of amides is 1. The SMILES string of the molecule is CCNC(=O)c1csc(-c2ccccc2OCc2cc(F)ccc2F)n1. The Bertz CT molecular complexity index is 927. The molecule has 3 rings (SSSR count). The van der Waals surface area contributed by atoms with E-state index < -0.39 is 11.6 Å². The Morgan fingerprint density at radius 2 is 2.04 bits per heavy atom. The van der Waals surface area contributed by atoms with E-state index in [1.165, 1.54) is 11.3 Å². The van der Waals surface area contributed by atoms with E-state index in [2.05, 4.69) is 10.3 Å². The van der Waals surface area contributed by atoms with Crippen molar-refractivity contribution in [2.24, 2.45) is 0 Å². The Balaban J connectivity index is 1.82. The molecule has 0 spiro atoms. The molecule has 1 aromatic heterocycles. The first-order valence-corrected chi connectivity index (χ1v) is 8.86. The minimum Gasteiger partial charge on any atom is -0.488 e. The number of rotatable bonds is 6. The van der Waals surface area contributed by atoms with Crippen molar-refractivity contribution in [3.63, 3.8) is 0 Å². The van der Waals surface area contributed by atoms with Crippen LogP contribution in [-0.4, -0.2) is 17.4 Å². The minimum absolute atomic E-state index is 0.116. The molecule has 3 aromatic rings. The average molecular weight is 374 g/mol. The standard InChI is InChI=1S/C19H16F2N2O2S/c1-2-22-18(24)16-11-26-19(23-16)14-5-3-4-6-17(14)25-10-12-9-13(20)7-8-15(12)21/h3-9,11H,2,10H2,1H3,(H,22,24). The first kappa shape index (κ1) is 18.0. The number of carbonyl (C=O) groups is 1. The van der Waals surface area contributed by atoms with Crippen LogP contribution in [0, 0.1) is 11.6 Å². The van der Waals surface area contributed by atoms with Crippen molar-refractivity contribution in [1.29, 1.82) is 0 Å². The molecule has 0 saturated heterocycles. The molecule has 0 unspecified atom stereocenters. The number of nitrogens with one attached hydrogen (secondary N) is 1. The molecule has 1 heterocycles. The predicted octanol–water partition coefficient (Wildman–Crippen LogP) is 4.42. The number of hydrogen-bond acceptors (Lipinski definition) is 4. The van der Waals surface area contributed by atoms with Crippen molar-refractivity contribution in [3.8, 4) is 16.3 Å². The van der Waals surface area contributed by atoms with Gasteiger partial charge in [0.2, 0.25) is 0 Å². The van der Waals surface area contributed by atoms with Crippen LogP contribution in [-0.2, 0) is 6.61 Å². The van der Waals surface area contributed by atoms with Gasteiger partial charge >= 0.3 is 0 Å². The van der Waals surface area contributed by atoms with Gasteiger partial charge in [0.1, 0.15) is 34.7 Å². The molecule has 1 amide bonds. The van der Waals surface area contributed by atoms with Gasteiger partial charge in [0.15, 0.2) is 0 Å². The van der Waals surface area contributed by atoms with Gasteiger partial charge in [0.25, 0.3) is 5.91 Å². The van der Waals surface area contributed by atoms with E-state index in [1.54, 1.807) is 23.6 Å². The molecular weight excluding hydrogens is 358 g/mol. The van der Waals surface area contributed by atoms with Crippen LogP contribution in [0.15, 0.2) is 47.8 Å². The number of aromatic nitrogens is 1. The van der Waals surface area contributed by atoms with Crippen molar-refractivity contribution < 1.29 is 18.3 Å². The van der Waals surface area contributed by atoms with Crippen LogP contribution in [0.1, 0.15) is 23.0 Å². The number of para-hydroxylation sites is 1. The Morgan fingerprint density at radius 3 is 2.85 bits per heavy atom. The molecule has 0 aliphatic rings. The molecule has 26 heavy (non-hydrogen) atoms. The zero-order valence-corrected chi connectivity index (χ0v) is 14.8. The van der Waals surface area contributed by atoms with Crippen LogP contribution < -0.4 is 10.1 Å². The number of nitrogens with zero attached hydrogens (tertiary/aromatic N) is 1. The van der Waals surface area contributed by atoms with Gasteiger partial charge in [-0.05, 0) is 37.3 Å². The number of thiazole rings is 1. The second-order valence-corrected chi connectivity index (χ2v) is 6.28. The van der Waals surface area contributed by atoms with Crippen LogP contribution in [0.25, 0.3) is 10.6 Å². The number of halogens is 2. The van der Waals surface area contributed by atoms with Crippen LogP contribution in [0.2, 0.25) is 0 Å². The van der Waals surface area contributed by atoms with Crippen molar-refractivity contribution in [1.82, 2.24) is 10.3 Å². The predicted molar refractivity (Wildman–Crippen MR) is 96.2 cm³/mol. The Labute approximate surface area is 153 Å². The second kappa shape index (κ2) is 8.05. The lowest BCUT2D eigenvalue weighted by molar-refractivity contribution is 0.0951. The van der Waals surface area contributed by atoms with Crippen molar-refractivity contribution >= 4 is 17.2 Å². The summed E-state index contributed by atoms with van der Waals surface area (Å²) in [5.41, 5.74) is 1.14. The summed E-state index contributed by atoms with van der Waals surface area (Å²) in [5, 5.41) is 4.98. The highest BCUT2D eigenvalue weighted by atomic mass is 32.1. The topological polar surface area (TPSA) is 51.2 Å². The zero-order valence-electron chi connectivity index (χ0n) is 14.0. The highest BCUT2D eigenvalue weighted by molar-refractivity contribution is 7.13. The average Bonchev–Trinajstić information content (AvgIpc) is 3.13. The Morgan fingerprint density at radius 1 is 1.23 bits per heavy atom. The first-order valence-electron chi connectivity index (χ1n) is 7.98. The summed E-state index contributed by atoms with van der Waals surface area (Å²) in [6.45, 7) is 2.24. The third kappa shape index (κ3) is 4.05. The summed E-state index contributed by atoms with van der Waals surface area (Å²) in [7, 11) is 0. The molecule has 0 aliphatic carbocycles. The maximum Gasteiger partial charge on any atom is 0.270 e. The van der Waals surface area contributed by atoms with Crippen molar-refractivity contribution in [2.75, 3.05) is 6.54 Å². The minimum atomic E-state index is -0.531. The fraction of sp³-hybridized carbons (Fsp3) is 0.158. The molecule has 2 aromatic carbocycles. The summed E-state index contributed by atoms with van der Waals surface area (Å²) in [4.78, 5) is 16.2. The van der Waals surface area contributed by atoms with Gasteiger partial charge in [-0.3, -0.25) is 4.79 Å². The van der Waals surface area contributed by atoms with E-state index in [1.807, 2.05) is 13.0 Å². The van der Waals surface area contributed by atoms with Gasteiger partial charge in [-0.1, -0.05) is 12.1 Å². The Hall–Kier alpha value is -2.80. The highest BCUT2D eigenvalue weighted by Crippen LogP contribution is 2.32. The number of benzene rings is 2. The fourth-order valence-electron chi connectivity index (χ4n) is 2.33. The highest BCUT2D eigenvalue weighted by Gasteiger charge is 2.14. The van der Waals surface area contributed by atoms with E-state index in [-0.39, 0.29) is 18.1 Å². The third-order valence-corrected chi connectivity index (χ3v) is 4.46. The van der Waals surface area contributed by atoms with Crippen molar-refractivity contribution in [3.05, 3.63) is 70.7 Å². The van der Waals surface area contributed by atoms with E-state index in [0.717, 1.165) is 18.2 Å². The fourth-order valence-corrected chi connectivity index (χ4v) is 3.16. The lowest BCUT2D eigenvalue weighted by Crippen LogP contribution is -2.22. The molecule has 4 nitrogen and oxygen atoms in total. The van der Waals surface area contributed by atoms with Crippen LogP contribution in [0.4, 0.5) is 8.78 Å². The zero-order chi connectivity index (χ0) is 18.5. The monoisotopic (exact) mass is 374 g/mol. The van der Waals surface area contributed by atoms with Gasteiger partial charge in [-0.25, -0.2) is 13.8 Å². The lowest BCUT2D eigenvalue weighted by Gasteiger charge is -2.10. The summed E-state index contributed by atoms with van der Waals surface area (Å²) < 4.78 is 32.7. The summed E-state index contributed by atoms with van der Waals surface area (Å²) in [6, 6.07) is 10.4.